The summed E-state index contributed by atoms with van der Waals surface area (Å²) < 4.78 is 11.2. The first kappa shape index (κ1) is 12.7. The van der Waals surface area contributed by atoms with Crippen molar-refractivity contribution in [2.24, 2.45) is 0 Å². The van der Waals surface area contributed by atoms with E-state index in [1.807, 2.05) is 13.8 Å². The van der Waals surface area contributed by atoms with Crippen LogP contribution in [0, 0.1) is 0 Å². The first-order chi connectivity index (χ1) is 7.14. The van der Waals surface area contributed by atoms with Crippen molar-refractivity contribution in [3.63, 3.8) is 0 Å². The first-order valence-corrected chi connectivity index (χ1v) is 6.11. The third kappa shape index (κ3) is 5.33. The maximum atomic E-state index is 5.70. The Morgan fingerprint density at radius 1 is 1.27 bits per heavy atom. The molecule has 2 heteroatoms. The van der Waals surface area contributed by atoms with E-state index in [0.717, 1.165) is 13.0 Å². The number of unbranched alkanes of at least 4 members (excludes halogenated alkanes) is 3. The fourth-order valence-corrected chi connectivity index (χ4v) is 1.76. The Kier molecular flexibility index (Phi) is 5.34. The molecule has 0 radical (unpaired) electrons. The van der Waals surface area contributed by atoms with E-state index in [2.05, 4.69) is 19.1 Å². The predicted molar refractivity (Wildman–Crippen MR) is 62.8 cm³/mol. The standard InChI is InChI=1S/C13H24O2/c1-4-5-6-7-8-9-10-12-11-14-13(2,3)15-12/h8-9,12H,4-7,10-11H2,1-3H3/b9-8-/t12-/m0/s1. The average molecular weight is 212 g/mol. The Morgan fingerprint density at radius 3 is 2.67 bits per heavy atom. The van der Waals surface area contributed by atoms with E-state index in [1.165, 1.54) is 25.7 Å². The van der Waals surface area contributed by atoms with Gasteiger partial charge in [0.2, 0.25) is 0 Å². The van der Waals surface area contributed by atoms with Gasteiger partial charge in [-0.15, -0.1) is 0 Å². The predicted octanol–water partition coefficient (Wildman–Crippen LogP) is 3.66. The Morgan fingerprint density at radius 2 is 2.07 bits per heavy atom. The highest BCUT2D eigenvalue weighted by molar-refractivity contribution is 4.86. The zero-order valence-corrected chi connectivity index (χ0v) is 10.3. The van der Waals surface area contributed by atoms with Crippen LogP contribution in [0.4, 0.5) is 0 Å². The van der Waals surface area contributed by atoms with Gasteiger partial charge in [-0.2, -0.15) is 0 Å². The highest BCUT2D eigenvalue weighted by Crippen LogP contribution is 2.24. The van der Waals surface area contributed by atoms with Crippen molar-refractivity contribution >= 4 is 0 Å². The molecule has 0 aliphatic carbocycles. The molecule has 0 saturated carbocycles. The Bertz CT molecular complexity index is 197. The lowest BCUT2D eigenvalue weighted by molar-refractivity contribution is -0.137. The van der Waals surface area contributed by atoms with Crippen molar-refractivity contribution in [3.05, 3.63) is 12.2 Å². The Balaban J connectivity index is 2.05. The monoisotopic (exact) mass is 212 g/mol. The van der Waals surface area contributed by atoms with Crippen LogP contribution in [0.3, 0.4) is 0 Å². The van der Waals surface area contributed by atoms with Gasteiger partial charge in [0.25, 0.3) is 0 Å². The molecule has 0 unspecified atom stereocenters. The largest absolute Gasteiger partial charge is 0.348 e. The molecule has 15 heavy (non-hydrogen) atoms. The summed E-state index contributed by atoms with van der Waals surface area (Å²) in [6.07, 6.45) is 10.9. The highest BCUT2D eigenvalue weighted by atomic mass is 16.7. The van der Waals surface area contributed by atoms with E-state index in [-0.39, 0.29) is 11.9 Å². The second-order valence-electron chi connectivity index (χ2n) is 4.65. The van der Waals surface area contributed by atoms with Crippen molar-refractivity contribution in [3.8, 4) is 0 Å². The molecule has 0 bridgehead atoms. The fraction of sp³-hybridized carbons (Fsp3) is 0.846. The van der Waals surface area contributed by atoms with E-state index in [1.54, 1.807) is 0 Å². The van der Waals surface area contributed by atoms with Crippen LogP contribution in [0.1, 0.15) is 52.9 Å². The Labute approximate surface area is 93.7 Å². The minimum absolute atomic E-state index is 0.252. The molecule has 1 atom stereocenters. The summed E-state index contributed by atoms with van der Waals surface area (Å²) in [5.74, 6) is -0.374. The topological polar surface area (TPSA) is 18.5 Å². The summed E-state index contributed by atoms with van der Waals surface area (Å²) in [5.41, 5.74) is 0. The summed E-state index contributed by atoms with van der Waals surface area (Å²) in [4.78, 5) is 0. The second-order valence-corrected chi connectivity index (χ2v) is 4.65. The molecule has 0 aromatic rings. The van der Waals surface area contributed by atoms with Crippen LogP contribution in [0.25, 0.3) is 0 Å². The average Bonchev–Trinajstić information content (AvgIpc) is 2.52. The minimum Gasteiger partial charge on any atom is -0.348 e. The van der Waals surface area contributed by atoms with Crippen LogP contribution in [-0.2, 0) is 9.47 Å². The van der Waals surface area contributed by atoms with E-state index in [0.29, 0.717) is 0 Å². The van der Waals surface area contributed by atoms with Gasteiger partial charge in [-0.3, -0.25) is 0 Å². The van der Waals surface area contributed by atoms with Crippen molar-refractivity contribution < 1.29 is 9.47 Å². The van der Waals surface area contributed by atoms with Crippen LogP contribution in [-0.4, -0.2) is 18.5 Å². The molecular weight excluding hydrogens is 188 g/mol. The lowest BCUT2D eigenvalue weighted by Crippen LogP contribution is -2.21. The number of rotatable bonds is 6. The zero-order valence-electron chi connectivity index (χ0n) is 10.3. The number of ether oxygens (including phenoxy) is 2. The van der Waals surface area contributed by atoms with Crippen LogP contribution >= 0.6 is 0 Å². The number of hydrogen-bond acceptors (Lipinski definition) is 2. The molecule has 0 amide bonds. The molecule has 88 valence electrons. The van der Waals surface area contributed by atoms with Crippen LogP contribution in [0.5, 0.6) is 0 Å². The third-order valence-electron chi connectivity index (χ3n) is 2.61. The van der Waals surface area contributed by atoms with Gasteiger partial charge in [-0.25, -0.2) is 0 Å². The van der Waals surface area contributed by atoms with E-state index >= 15 is 0 Å². The minimum atomic E-state index is -0.374. The highest BCUT2D eigenvalue weighted by Gasteiger charge is 2.31. The lowest BCUT2D eigenvalue weighted by Gasteiger charge is -2.16. The molecule has 1 aliphatic heterocycles. The molecule has 0 spiro atoms. The van der Waals surface area contributed by atoms with Crippen molar-refractivity contribution in [2.75, 3.05) is 6.61 Å². The molecule has 0 aromatic heterocycles. The number of hydrogen-bond donors (Lipinski definition) is 0. The summed E-state index contributed by atoms with van der Waals surface area (Å²) >= 11 is 0. The van der Waals surface area contributed by atoms with Gasteiger partial charge in [0.1, 0.15) is 0 Å². The van der Waals surface area contributed by atoms with Crippen molar-refractivity contribution in [2.45, 2.75) is 64.8 Å². The van der Waals surface area contributed by atoms with Gasteiger partial charge in [0.15, 0.2) is 5.79 Å². The van der Waals surface area contributed by atoms with Gasteiger partial charge < -0.3 is 9.47 Å². The van der Waals surface area contributed by atoms with Crippen LogP contribution < -0.4 is 0 Å². The van der Waals surface area contributed by atoms with Crippen molar-refractivity contribution in [1.29, 1.82) is 0 Å². The normalized spacial score (nSPS) is 25.1. The molecule has 0 N–H and O–H groups in total. The maximum absolute atomic E-state index is 5.70. The molecule has 1 heterocycles. The summed E-state index contributed by atoms with van der Waals surface area (Å²) in [5, 5.41) is 0. The van der Waals surface area contributed by atoms with Crippen LogP contribution in [0.2, 0.25) is 0 Å². The Hall–Kier alpha value is -0.340. The van der Waals surface area contributed by atoms with Gasteiger partial charge in [-0.1, -0.05) is 31.9 Å². The first-order valence-electron chi connectivity index (χ1n) is 6.11. The molecule has 0 aromatic carbocycles. The van der Waals surface area contributed by atoms with E-state index in [4.69, 9.17) is 9.47 Å². The SMILES string of the molecule is CCCCC/C=C\C[C@H]1COC(C)(C)O1. The summed E-state index contributed by atoms with van der Waals surface area (Å²) in [6, 6.07) is 0. The van der Waals surface area contributed by atoms with Crippen molar-refractivity contribution in [1.82, 2.24) is 0 Å². The summed E-state index contributed by atoms with van der Waals surface area (Å²) in [6.45, 7) is 6.90. The molecule has 1 saturated heterocycles. The molecule has 1 fully saturated rings. The molecule has 1 aliphatic rings. The lowest BCUT2D eigenvalue weighted by atomic mass is 10.2. The van der Waals surface area contributed by atoms with Gasteiger partial charge in [0.05, 0.1) is 12.7 Å². The maximum Gasteiger partial charge on any atom is 0.163 e. The fourth-order valence-electron chi connectivity index (χ4n) is 1.76. The van der Waals surface area contributed by atoms with Gasteiger partial charge in [-0.05, 0) is 33.1 Å². The van der Waals surface area contributed by atoms with Crippen LogP contribution in [0.15, 0.2) is 12.2 Å². The van der Waals surface area contributed by atoms with Gasteiger partial charge >= 0.3 is 0 Å². The van der Waals surface area contributed by atoms with E-state index in [9.17, 15) is 0 Å². The number of allylic oxidation sites excluding steroid dienone is 1. The summed E-state index contributed by atoms with van der Waals surface area (Å²) in [7, 11) is 0. The third-order valence-corrected chi connectivity index (χ3v) is 2.61. The molecular formula is C13H24O2. The second kappa shape index (κ2) is 6.29. The van der Waals surface area contributed by atoms with E-state index < -0.39 is 0 Å². The molecule has 2 nitrogen and oxygen atoms in total. The zero-order chi connectivity index (χ0) is 11.1. The quantitative estimate of drug-likeness (QED) is 0.494. The van der Waals surface area contributed by atoms with Gasteiger partial charge in [0, 0.05) is 0 Å². The smallest absolute Gasteiger partial charge is 0.163 e. The molecule has 1 rings (SSSR count).